The first-order valence-electron chi connectivity index (χ1n) is 4.66. The van der Waals surface area contributed by atoms with E-state index in [1.165, 1.54) is 24.3 Å². The van der Waals surface area contributed by atoms with E-state index in [1.807, 2.05) is 0 Å². The van der Waals surface area contributed by atoms with Gasteiger partial charge in [0, 0.05) is 18.6 Å². The predicted octanol–water partition coefficient (Wildman–Crippen LogP) is 0.118. The third-order valence-electron chi connectivity index (χ3n) is 2.11. The lowest BCUT2D eigenvalue weighted by molar-refractivity contribution is -0.384. The summed E-state index contributed by atoms with van der Waals surface area (Å²) in [5, 5.41) is 19.0. The number of nitrogens with zero attached hydrogens (tertiary/aromatic N) is 1. The second kappa shape index (κ2) is 5.17. The Morgan fingerprint density at radius 3 is 2.65 bits per heavy atom. The number of carboxylic acids is 1. The van der Waals surface area contributed by atoms with Crippen molar-refractivity contribution < 1.29 is 19.6 Å². The molecule has 1 aromatic rings. The van der Waals surface area contributed by atoms with Gasteiger partial charge in [0.15, 0.2) is 11.8 Å². The molecule has 0 aliphatic rings. The summed E-state index contributed by atoms with van der Waals surface area (Å²) in [6.45, 7) is 0. The Morgan fingerprint density at radius 1 is 1.47 bits per heavy atom. The van der Waals surface area contributed by atoms with Gasteiger partial charge in [-0.2, -0.15) is 0 Å². The summed E-state index contributed by atoms with van der Waals surface area (Å²) < 4.78 is 0. The van der Waals surface area contributed by atoms with Crippen molar-refractivity contribution in [1.82, 2.24) is 0 Å². The largest absolute Gasteiger partial charge is 0.480 e. The van der Waals surface area contributed by atoms with E-state index in [4.69, 9.17) is 10.8 Å². The minimum absolute atomic E-state index is 0.154. The van der Waals surface area contributed by atoms with Crippen molar-refractivity contribution in [2.45, 2.75) is 12.5 Å². The lowest BCUT2D eigenvalue weighted by Crippen LogP contribution is -2.39. The van der Waals surface area contributed by atoms with Gasteiger partial charge in [0.05, 0.1) is 4.92 Å². The molecule has 7 heteroatoms. The fraction of sp³-hybridized carbons (Fsp3) is 0.200. The molecule has 0 saturated carbocycles. The second-order valence-electron chi connectivity index (χ2n) is 3.39. The number of rotatable bonds is 5. The Morgan fingerprint density at radius 2 is 2.12 bits per heavy atom. The van der Waals surface area contributed by atoms with Gasteiger partial charge in [-0.15, -0.1) is 0 Å². The first kappa shape index (κ1) is 12.8. The summed E-state index contributed by atoms with van der Waals surface area (Å²) in [4.78, 5) is 31.7. The number of hydrogen-bond acceptors (Lipinski definition) is 5. The van der Waals surface area contributed by atoms with Crippen LogP contribution in [0, 0.1) is 10.1 Å². The van der Waals surface area contributed by atoms with Crippen LogP contribution in [-0.4, -0.2) is 27.8 Å². The van der Waals surface area contributed by atoms with Gasteiger partial charge in [-0.25, -0.2) is 0 Å². The van der Waals surface area contributed by atoms with Crippen LogP contribution < -0.4 is 5.73 Å². The number of aliphatic carboxylic acids is 1. The SMILES string of the molecule is NC(C(=O)O)C(=O)Cc1cccc([N+](=O)[O-])c1. The third kappa shape index (κ3) is 3.35. The van der Waals surface area contributed by atoms with Crippen LogP contribution in [0.25, 0.3) is 0 Å². The maximum absolute atomic E-state index is 11.4. The van der Waals surface area contributed by atoms with Crippen molar-refractivity contribution in [2.24, 2.45) is 5.73 Å². The average Bonchev–Trinajstić information content (AvgIpc) is 2.28. The van der Waals surface area contributed by atoms with Crippen LogP contribution in [0.1, 0.15) is 5.56 Å². The monoisotopic (exact) mass is 238 g/mol. The summed E-state index contributed by atoms with van der Waals surface area (Å²) in [5.41, 5.74) is 5.33. The van der Waals surface area contributed by atoms with E-state index in [1.54, 1.807) is 0 Å². The number of benzene rings is 1. The number of carbonyl (C=O) groups is 2. The summed E-state index contributed by atoms with van der Waals surface area (Å²) in [7, 11) is 0. The van der Waals surface area contributed by atoms with E-state index < -0.39 is 22.7 Å². The Labute approximate surface area is 96.0 Å². The maximum Gasteiger partial charge on any atom is 0.328 e. The molecule has 0 saturated heterocycles. The summed E-state index contributed by atoms with van der Waals surface area (Å²) in [6.07, 6.45) is -0.241. The van der Waals surface area contributed by atoms with Crippen LogP contribution in [0.5, 0.6) is 0 Å². The zero-order chi connectivity index (χ0) is 13.0. The van der Waals surface area contributed by atoms with Crippen molar-refractivity contribution in [3.63, 3.8) is 0 Å². The van der Waals surface area contributed by atoms with Crippen molar-refractivity contribution in [1.29, 1.82) is 0 Å². The van der Waals surface area contributed by atoms with Gasteiger partial charge in [0.25, 0.3) is 5.69 Å². The molecule has 1 rings (SSSR count). The number of ketones is 1. The van der Waals surface area contributed by atoms with E-state index in [0.29, 0.717) is 5.56 Å². The number of nitro groups is 1. The zero-order valence-electron chi connectivity index (χ0n) is 8.70. The molecule has 1 aromatic carbocycles. The molecule has 0 bridgehead atoms. The number of hydrogen-bond donors (Lipinski definition) is 2. The first-order chi connectivity index (χ1) is 7.91. The number of Topliss-reactive ketones (excluding diaryl/α,β-unsaturated/α-hetero) is 1. The molecular formula is C10H10N2O5. The molecule has 1 unspecified atom stereocenters. The summed E-state index contributed by atoms with van der Waals surface area (Å²) in [5.74, 6) is -2.11. The molecule has 0 amide bonds. The number of carboxylic acid groups (broad SMARTS) is 1. The maximum atomic E-state index is 11.4. The fourth-order valence-corrected chi connectivity index (χ4v) is 1.23. The molecule has 0 spiro atoms. The van der Waals surface area contributed by atoms with E-state index in [-0.39, 0.29) is 12.1 Å². The van der Waals surface area contributed by atoms with Gasteiger partial charge in [-0.3, -0.25) is 19.7 Å². The van der Waals surface area contributed by atoms with Crippen molar-refractivity contribution >= 4 is 17.4 Å². The van der Waals surface area contributed by atoms with Gasteiger partial charge < -0.3 is 10.8 Å². The Kier molecular flexibility index (Phi) is 3.89. The van der Waals surface area contributed by atoms with Crippen LogP contribution in [0.4, 0.5) is 5.69 Å². The van der Waals surface area contributed by atoms with Crippen molar-refractivity contribution in [3.05, 3.63) is 39.9 Å². The van der Waals surface area contributed by atoms with Crippen LogP contribution in [-0.2, 0) is 16.0 Å². The van der Waals surface area contributed by atoms with Crippen molar-refractivity contribution in [3.8, 4) is 0 Å². The molecule has 0 aromatic heterocycles. The van der Waals surface area contributed by atoms with E-state index >= 15 is 0 Å². The standard InChI is InChI=1S/C10H10N2O5/c11-9(10(14)15)8(13)5-6-2-1-3-7(4-6)12(16)17/h1-4,9H,5,11H2,(H,14,15). The summed E-state index contributed by atoms with van der Waals surface area (Å²) in [6, 6.07) is 3.82. The Bertz CT molecular complexity index is 472. The second-order valence-corrected chi connectivity index (χ2v) is 3.39. The summed E-state index contributed by atoms with van der Waals surface area (Å²) >= 11 is 0. The molecule has 3 N–H and O–H groups in total. The Hall–Kier alpha value is -2.28. The molecular weight excluding hydrogens is 228 g/mol. The highest BCUT2D eigenvalue weighted by Gasteiger charge is 2.21. The normalized spacial score (nSPS) is 11.8. The molecule has 1 atom stereocenters. The molecule has 7 nitrogen and oxygen atoms in total. The third-order valence-corrected chi connectivity index (χ3v) is 2.11. The van der Waals surface area contributed by atoms with Gasteiger partial charge in [0.2, 0.25) is 0 Å². The molecule has 0 heterocycles. The minimum atomic E-state index is -1.60. The lowest BCUT2D eigenvalue weighted by atomic mass is 10.0. The Balaban J connectivity index is 2.82. The number of nitrogens with two attached hydrogens (primary N) is 1. The quantitative estimate of drug-likeness (QED) is 0.426. The van der Waals surface area contributed by atoms with E-state index in [9.17, 15) is 19.7 Å². The van der Waals surface area contributed by atoms with E-state index in [2.05, 4.69) is 0 Å². The highest BCUT2D eigenvalue weighted by Crippen LogP contribution is 2.13. The number of nitro benzene ring substituents is 1. The number of non-ortho nitro benzene ring substituents is 1. The smallest absolute Gasteiger partial charge is 0.328 e. The first-order valence-corrected chi connectivity index (χ1v) is 4.66. The van der Waals surface area contributed by atoms with Crippen LogP contribution in [0.3, 0.4) is 0 Å². The average molecular weight is 238 g/mol. The molecule has 0 aliphatic carbocycles. The highest BCUT2D eigenvalue weighted by molar-refractivity contribution is 6.02. The zero-order valence-corrected chi connectivity index (χ0v) is 8.70. The molecule has 0 radical (unpaired) electrons. The van der Waals surface area contributed by atoms with Gasteiger partial charge in [-0.1, -0.05) is 12.1 Å². The topological polar surface area (TPSA) is 124 Å². The van der Waals surface area contributed by atoms with Gasteiger partial charge in [-0.05, 0) is 5.56 Å². The highest BCUT2D eigenvalue weighted by atomic mass is 16.6. The molecule has 0 aliphatic heterocycles. The fourth-order valence-electron chi connectivity index (χ4n) is 1.23. The molecule has 0 fully saturated rings. The van der Waals surface area contributed by atoms with Crippen LogP contribution >= 0.6 is 0 Å². The van der Waals surface area contributed by atoms with E-state index in [0.717, 1.165) is 0 Å². The van der Waals surface area contributed by atoms with Crippen LogP contribution in [0.15, 0.2) is 24.3 Å². The predicted molar refractivity (Wildman–Crippen MR) is 57.4 cm³/mol. The minimum Gasteiger partial charge on any atom is -0.480 e. The van der Waals surface area contributed by atoms with Gasteiger partial charge in [0.1, 0.15) is 0 Å². The molecule has 90 valence electrons. The lowest BCUT2D eigenvalue weighted by Gasteiger charge is -2.05. The number of carbonyl (C=O) groups excluding carboxylic acids is 1. The molecule has 17 heavy (non-hydrogen) atoms. The van der Waals surface area contributed by atoms with Crippen LogP contribution in [0.2, 0.25) is 0 Å². The van der Waals surface area contributed by atoms with Crippen molar-refractivity contribution in [2.75, 3.05) is 0 Å². The van der Waals surface area contributed by atoms with Gasteiger partial charge >= 0.3 is 5.97 Å².